The van der Waals surface area contributed by atoms with E-state index in [1.807, 2.05) is 38.1 Å². The fourth-order valence-corrected chi connectivity index (χ4v) is 2.39. The first-order chi connectivity index (χ1) is 12.9. The van der Waals surface area contributed by atoms with Crippen LogP contribution in [0, 0.1) is 13.8 Å². The summed E-state index contributed by atoms with van der Waals surface area (Å²) in [4.78, 5) is 20.9. The number of carbonyl (C=O) groups excluding carboxylic acids is 1. The average molecular weight is 367 g/mol. The summed E-state index contributed by atoms with van der Waals surface area (Å²) < 4.78 is 10.6. The van der Waals surface area contributed by atoms with Gasteiger partial charge < -0.3 is 19.9 Å². The third-order valence-electron chi connectivity index (χ3n) is 3.44. The molecule has 0 saturated heterocycles. The average Bonchev–Trinajstić information content (AvgIpc) is 3.00. The number of ether oxygens (including phenoxy) is 1. The van der Waals surface area contributed by atoms with Crippen LogP contribution < -0.4 is 15.4 Å². The second kappa shape index (κ2) is 7.86. The van der Waals surface area contributed by atoms with Gasteiger partial charge in [-0.15, -0.1) is 0 Å². The number of carbonyl (C=O) groups is 1. The molecule has 0 radical (unpaired) electrons. The minimum Gasteiger partial charge on any atom is -0.491 e. The SMILES string of the molecule is Cc1nc(Nc2ccc(OC(C)C)cc2)cc(C(=O)Nc2cc(C)on2)n1. The van der Waals surface area contributed by atoms with Crippen molar-refractivity contribution in [2.24, 2.45) is 0 Å². The van der Waals surface area contributed by atoms with Crippen molar-refractivity contribution in [1.29, 1.82) is 0 Å². The van der Waals surface area contributed by atoms with Gasteiger partial charge in [0.15, 0.2) is 5.82 Å². The molecule has 3 rings (SSSR count). The third-order valence-corrected chi connectivity index (χ3v) is 3.44. The summed E-state index contributed by atoms with van der Waals surface area (Å²) in [7, 11) is 0. The maximum atomic E-state index is 12.4. The van der Waals surface area contributed by atoms with E-state index >= 15 is 0 Å². The van der Waals surface area contributed by atoms with Crippen molar-refractivity contribution in [2.75, 3.05) is 10.6 Å². The van der Waals surface area contributed by atoms with E-state index in [1.165, 1.54) is 0 Å². The number of hydrogen-bond acceptors (Lipinski definition) is 7. The predicted molar refractivity (Wildman–Crippen MR) is 101 cm³/mol. The van der Waals surface area contributed by atoms with Crippen LogP contribution in [0.3, 0.4) is 0 Å². The Balaban J connectivity index is 1.73. The van der Waals surface area contributed by atoms with Crippen molar-refractivity contribution in [3.8, 4) is 5.75 Å². The molecule has 2 heterocycles. The Morgan fingerprint density at radius 3 is 2.44 bits per heavy atom. The monoisotopic (exact) mass is 367 g/mol. The van der Waals surface area contributed by atoms with Crippen LogP contribution in [0.1, 0.15) is 35.9 Å². The van der Waals surface area contributed by atoms with Gasteiger partial charge in [0.05, 0.1) is 6.10 Å². The number of rotatable bonds is 6. The Morgan fingerprint density at radius 2 is 1.81 bits per heavy atom. The summed E-state index contributed by atoms with van der Waals surface area (Å²) in [5, 5.41) is 9.56. The Hall–Kier alpha value is -3.42. The molecule has 0 unspecified atom stereocenters. The lowest BCUT2D eigenvalue weighted by Gasteiger charge is -2.11. The van der Waals surface area contributed by atoms with E-state index in [-0.39, 0.29) is 11.8 Å². The molecule has 27 heavy (non-hydrogen) atoms. The van der Waals surface area contributed by atoms with E-state index in [9.17, 15) is 4.79 Å². The molecule has 3 aromatic rings. The van der Waals surface area contributed by atoms with E-state index < -0.39 is 5.91 Å². The molecule has 2 aromatic heterocycles. The number of aromatic nitrogens is 3. The van der Waals surface area contributed by atoms with Gasteiger partial charge in [0.25, 0.3) is 5.91 Å². The van der Waals surface area contributed by atoms with Crippen LogP contribution in [0.4, 0.5) is 17.3 Å². The zero-order valence-electron chi connectivity index (χ0n) is 15.6. The molecule has 2 N–H and O–H groups in total. The number of nitrogens with one attached hydrogen (secondary N) is 2. The molecule has 1 aromatic carbocycles. The molecule has 0 saturated carbocycles. The maximum Gasteiger partial charge on any atom is 0.275 e. The van der Waals surface area contributed by atoms with Crippen molar-refractivity contribution in [3.05, 3.63) is 53.7 Å². The zero-order chi connectivity index (χ0) is 19.4. The largest absolute Gasteiger partial charge is 0.491 e. The number of anilines is 3. The molecule has 8 nitrogen and oxygen atoms in total. The second-order valence-electron chi connectivity index (χ2n) is 6.28. The zero-order valence-corrected chi connectivity index (χ0v) is 15.6. The fourth-order valence-electron chi connectivity index (χ4n) is 2.39. The smallest absolute Gasteiger partial charge is 0.275 e. The highest BCUT2D eigenvalue weighted by molar-refractivity contribution is 6.02. The Morgan fingerprint density at radius 1 is 1.07 bits per heavy atom. The van der Waals surface area contributed by atoms with Crippen molar-refractivity contribution >= 4 is 23.2 Å². The fraction of sp³-hybridized carbons (Fsp3) is 0.263. The number of nitrogens with zero attached hydrogens (tertiary/aromatic N) is 3. The lowest BCUT2D eigenvalue weighted by molar-refractivity contribution is 0.102. The van der Waals surface area contributed by atoms with Crippen LogP contribution >= 0.6 is 0 Å². The van der Waals surface area contributed by atoms with E-state index in [0.29, 0.717) is 23.2 Å². The minimum absolute atomic E-state index is 0.114. The van der Waals surface area contributed by atoms with Crippen LogP contribution in [0.5, 0.6) is 5.75 Å². The number of hydrogen-bond donors (Lipinski definition) is 2. The van der Waals surface area contributed by atoms with Crippen molar-refractivity contribution in [1.82, 2.24) is 15.1 Å². The van der Waals surface area contributed by atoms with Gasteiger partial charge in [-0.25, -0.2) is 9.97 Å². The molecule has 1 amide bonds. The topological polar surface area (TPSA) is 102 Å². The van der Waals surface area contributed by atoms with E-state index in [1.54, 1.807) is 26.0 Å². The summed E-state index contributed by atoms with van der Waals surface area (Å²) in [5.41, 5.74) is 1.05. The molecular weight excluding hydrogens is 346 g/mol. The van der Waals surface area contributed by atoms with Gasteiger partial charge >= 0.3 is 0 Å². The summed E-state index contributed by atoms with van der Waals surface area (Å²) in [5.74, 6) is 2.33. The van der Waals surface area contributed by atoms with Gasteiger partial charge in [-0.2, -0.15) is 0 Å². The molecule has 0 spiro atoms. The molecule has 0 fully saturated rings. The molecule has 140 valence electrons. The lowest BCUT2D eigenvalue weighted by atomic mass is 10.3. The van der Waals surface area contributed by atoms with Crippen LogP contribution in [-0.4, -0.2) is 27.1 Å². The molecular formula is C19H21N5O3. The van der Waals surface area contributed by atoms with Crippen molar-refractivity contribution < 1.29 is 14.1 Å². The van der Waals surface area contributed by atoms with E-state index in [0.717, 1.165) is 11.4 Å². The molecule has 0 aliphatic carbocycles. The number of aryl methyl sites for hydroxylation is 2. The molecule has 0 aliphatic heterocycles. The molecule has 0 bridgehead atoms. The highest BCUT2D eigenvalue weighted by Gasteiger charge is 2.13. The van der Waals surface area contributed by atoms with Crippen LogP contribution in [0.15, 0.2) is 40.9 Å². The van der Waals surface area contributed by atoms with Crippen molar-refractivity contribution in [3.63, 3.8) is 0 Å². The summed E-state index contributed by atoms with van der Waals surface area (Å²) in [6.07, 6.45) is 0.114. The quantitative estimate of drug-likeness (QED) is 0.682. The van der Waals surface area contributed by atoms with E-state index in [4.69, 9.17) is 9.26 Å². The molecule has 0 aliphatic rings. The first-order valence-corrected chi connectivity index (χ1v) is 8.53. The lowest BCUT2D eigenvalue weighted by Crippen LogP contribution is -2.15. The van der Waals surface area contributed by atoms with E-state index in [2.05, 4.69) is 25.8 Å². The molecule has 8 heteroatoms. The van der Waals surface area contributed by atoms with Gasteiger partial charge in [-0.05, 0) is 52.0 Å². The third kappa shape index (κ3) is 5.04. The Labute approximate surface area is 157 Å². The molecule has 0 atom stereocenters. The van der Waals surface area contributed by atoms with Gasteiger partial charge in [0.2, 0.25) is 0 Å². The Kier molecular flexibility index (Phi) is 5.35. The summed E-state index contributed by atoms with van der Waals surface area (Å²) in [6, 6.07) is 10.7. The number of amides is 1. The van der Waals surface area contributed by atoms with Crippen LogP contribution in [-0.2, 0) is 0 Å². The second-order valence-corrected chi connectivity index (χ2v) is 6.28. The van der Waals surface area contributed by atoms with Crippen LogP contribution in [0.2, 0.25) is 0 Å². The van der Waals surface area contributed by atoms with Gasteiger partial charge in [0.1, 0.15) is 28.8 Å². The highest BCUT2D eigenvalue weighted by atomic mass is 16.5. The van der Waals surface area contributed by atoms with Crippen LogP contribution in [0.25, 0.3) is 0 Å². The summed E-state index contributed by atoms with van der Waals surface area (Å²) in [6.45, 7) is 7.42. The maximum absolute atomic E-state index is 12.4. The minimum atomic E-state index is -0.391. The summed E-state index contributed by atoms with van der Waals surface area (Å²) >= 11 is 0. The normalized spacial score (nSPS) is 10.7. The van der Waals surface area contributed by atoms with Crippen molar-refractivity contribution in [2.45, 2.75) is 33.8 Å². The predicted octanol–water partition coefficient (Wildman–Crippen LogP) is 3.86. The van der Waals surface area contributed by atoms with Gasteiger partial charge in [0, 0.05) is 17.8 Å². The van der Waals surface area contributed by atoms with Gasteiger partial charge in [-0.1, -0.05) is 5.16 Å². The standard InChI is InChI=1S/C19H21N5O3/c1-11(2)26-15-7-5-14(6-8-15)22-17-10-16(20-13(4)21-17)19(25)23-18-9-12(3)27-24-18/h5-11H,1-4H3,(H,20,21,22)(H,23,24,25). The first-order valence-electron chi connectivity index (χ1n) is 8.53. The first kappa shape index (κ1) is 18.4. The number of benzene rings is 1. The van der Waals surface area contributed by atoms with Gasteiger partial charge in [-0.3, -0.25) is 4.79 Å². The Bertz CT molecular complexity index is 935. The highest BCUT2D eigenvalue weighted by Crippen LogP contribution is 2.20.